The van der Waals surface area contributed by atoms with E-state index in [-0.39, 0.29) is 0 Å². The molecule has 0 atom stereocenters. The molecule has 0 aliphatic carbocycles. The van der Waals surface area contributed by atoms with Crippen molar-refractivity contribution in [3.8, 4) is 0 Å². The normalized spacial score (nSPS) is 13.0. The monoisotopic (exact) mass is 257 g/mol. The Morgan fingerprint density at radius 3 is 1.94 bits per heavy atom. The average Bonchev–Trinajstić information content (AvgIpc) is 2.17. The van der Waals surface area contributed by atoms with Crippen LogP contribution in [0.25, 0.3) is 0 Å². The molecule has 0 aromatic rings. The van der Waals surface area contributed by atoms with Gasteiger partial charge in [0.25, 0.3) is 0 Å². The maximum atomic E-state index is 5.64. The minimum absolute atomic E-state index is 0.383. The molecule has 0 aliphatic heterocycles. The van der Waals surface area contributed by atoms with E-state index in [0.717, 1.165) is 32.7 Å². The van der Waals surface area contributed by atoms with Gasteiger partial charge in [-0.05, 0) is 43.2 Å². The van der Waals surface area contributed by atoms with Gasteiger partial charge in [-0.15, -0.1) is 0 Å². The summed E-state index contributed by atoms with van der Waals surface area (Å²) in [6.07, 6.45) is 4.90. The van der Waals surface area contributed by atoms with Crippen molar-refractivity contribution in [2.45, 2.75) is 67.2 Å². The van der Waals surface area contributed by atoms with Crippen molar-refractivity contribution in [2.24, 2.45) is 10.8 Å². The zero-order valence-corrected chi connectivity index (χ0v) is 13.6. The summed E-state index contributed by atoms with van der Waals surface area (Å²) in [5, 5.41) is 3.47. The highest BCUT2D eigenvalue weighted by Gasteiger charge is 2.09. The molecule has 110 valence electrons. The summed E-state index contributed by atoms with van der Waals surface area (Å²) in [4.78, 5) is 0. The number of hydrogen-bond donors (Lipinski definition) is 1. The van der Waals surface area contributed by atoms with E-state index in [1.807, 2.05) is 0 Å². The molecular formula is C16H35NO. The molecule has 2 nitrogen and oxygen atoms in total. The maximum Gasteiger partial charge on any atom is 0.0478 e. The molecule has 0 saturated heterocycles. The van der Waals surface area contributed by atoms with Crippen LogP contribution in [-0.2, 0) is 4.74 Å². The Hall–Kier alpha value is -0.0800. The van der Waals surface area contributed by atoms with Gasteiger partial charge in [-0.25, -0.2) is 0 Å². The van der Waals surface area contributed by atoms with E-state index in [1.54, 1.807) is 0 Å². The topological polar surface area (TPSA) is 21.3 Å². The van der Waals surface area contributed by atoms with Gasteiger partial charge in [-0.3, -0.25) is 0 Å². The molecular weight excluding hydrogens is 222 g/mol. The predicted molar refractivity (Wildman–Crippen MR) is 81.1 cm³/mol. The molecule has 1 N–H and O–H groups in total. The van der Waals surface area contributed by atoms with Crippen molar-refractivity contribution >= 4 is 0 Å². The third kappa shape index (κ3) is 15.9. The molecule has 0 unspecified atom stereocenters. The zero-order valence-electron chi connectivity index (χ0n) is 13.6. The van der Waals surface area contributed by atoms with Crippen LogP contribution in [0.5, 0.6) is 0 Å². The minimum atomic E-state index is 0.383. The molecule has 0 aromatic carbocycles. The Morgan fingerprint density at radius 1 is 0.778 bits per heavy atom. The molecule has 0 heterocycles. The highest BCUT2D eigenvalue weighted by molar-refractivity contribution is 4.64. The van der Waals surface area contributed by atoms with Crippen molar-refractivity contribution in [1.82, 2.24) is 5.32 Å². The highest BCUT2D eigenvalue weighted by Crippen LogP contribution is 2.21. The lowest BCUT2D eigenvalue weighted by atomic mass is 9.90. The summed E-state index contributed by atoms with van der Waals surface area (Å²) in [7, 11) is 0. The fraction of sp³-hybridized carbons (Fsp3) is 1.00. The first-order valence-electron chi connectivity index (χ1n) is 7.49. The van der Waals surface area contributed by atoms with E-state index >= 15 is 0 Å². The largest absolute Gasteiger partial charge is 0.381 e. The van der Waals surface area contributed by atoms with Gasteiger partial charge < -0.3 is 10.1 Å². The van der Waals surface area contributed by atoms with Crippen LogP contribution in [0.4, 0.5) is 0 Å². The molecule has 18 heavy (non-hydrogen) atoms. The number of nitrogens with one attached hydrogen (secondary N) is 1. The van der Waals surface area contributed by atoms with E-state index in [2.05, 4.69) is 46.9 Å². The molecule has 0 aliphatic rings. The standard InChI is InChI=1S/C16H35NO/c1-15(2,3)10-7-8-12-18-13-9-11-17-14-16(4,5)6/h17H,7-14H2,1-6H3. The Morgan fingerprint density at radius 2 is 1.39 bits per heavy atom. The molecule has 2 heteroatoms. The summed E-state index contributed by atoms with van der Waals surface area (Å²) >= 11 is 0. The van der Waals surface area contributed by atoms with Crippen LogP contribution in [0.15, 0.2) is 0 Å². The van der Waals surface area contributed by atoms with E-state index in [1.165, 1.54) is 19.3 Å². The van der Waals surface area contributed by atoms with Crippen LogP contribution in [-0.4, -0.2) is 26.3 Å². The van der Waals surface area contributed by atoms with Crippen LogP contribution in [0.2, 0.25) is 0 Å². The number of rotatable bonds is 9. The van der Waals surface area contributed by atoms with E-state index < -0.39 is 0 Å². The Bertz CT molecular complexity index is 166. The van der Waals surface area contributed by atoms with Crippen LogP contribution in [0.3, 0.4) is 0 Å². The first kappa shape index (κ1) is 17.9. The van der Waals surface area contributed by atoms with Crippen molar-refractivity contribution in [3.63, 3.8) is 0 Å². The van der Waals surface area contributed by atoms with Gasteiger partial charge in [0, 0.05) is 13.2 Å². The Kier molecular flexibility index (Phi) is 8.89. The fourth-order valence-electron chi connectivity index (χ4n) is 1.72. The summed E-state index contributed by atoms with van der Waals surface area (Å²) in [6, 6.07) is 0. The van der Waals surface area contributed by atoms with Crippen LogP contribution in [0.1, 0.15) is 67.2 Å². The average molecular weight is 257 g/mol. The van der Waals surface area contributed by atoms with Crippen LogP contribution >= 0.6 is 0 Å². The molecule has 0 bridgehead atoms. The third-order valence-corrected chi connectivity index (χ3v) is 2.76. The summed E-state index contributed by atoms with van der Waals surface area (Å²) in [5.74, 6) is 0. The molecule has 0 rings (SSSR count). The van der Waals surface area contributed by atoms with Crippen molar-refractivity contribution in [1.29, 1.82) is 0 Å². The summed E-state index contributed by atoms with van der Waals surface area (Å²) in [6.45, 7) is 17.6. The van der Waals surface area contributed by atoms with E-state index in [9.17, 15) is 0 Å². The quantitative estimate of drug-likeness (QED) is 0.624. The SMILES string of the molecule is CC(C)(C)CCCCOCCCNCC(C)(C)C. The molecule has 0 spiro atoms. The van der Waals surface area contributed by atoms with Gasteiger partial charge >= 0.3 is 0 Å². The minimum Gasteiger partial charge on any atom is -0.381 e. The molecule has 0 aromatic heterocycles. The first-order valence-corrected chi connectivity index (χ1v) is 7.49. The van der Waals surface area contributed by atoms with Crippen molar-refractivity contribution < 1.29 is 4.74 Å². The van der Waals surface area contributed by atoms with Gasteiger partial charge in [-0.2, -0.15) is 0 Å². The number of hydrogen-bond acceptors (Lipinski definition) is 2. The lowest BCUT2D eigenvalue weighted by Gasteiger charge is -2.18. The van der Waals surface area contributed by atoms with Gasteiger partial charge in [0.2, 0.25) is 0 Å². The summed E-state index contributed by atoms with van der Waals surface area (Å²) in [5.41, 5.74) is 0.852. The number of unbranched alkanes of at least 4 members (excludes halogenated alkanes) is 1. The second kappa shape index (κ2) is 8.92. The Labute approximate surface area is 115 Å². The first-order chi connectivity index (χ1) is 8.21. The van der Waals surface area contributed by atoms with Gasteiger partial charge in [0.15, 0.2) is 0 Å². The molecule has 0 saturated carbocycles. The zero-order chi connectivity index (χ0) is 14.1. The van der Waals surface area contributed by atoms with Gasteiger partial charge in [0.05, 0.1) is 0 Å². The second-order valence-corrected chi connectivity index (χ2v) is 7.72. The van der Waals surface area contributed by atoms with Crippen LogP contribution in [0, 0.1) is 10.8 Å². The van der Waals surface area contributed by atoms with Crippen LogP contribution < -0.4 is 5.32 Å². The van der Waals surface area contributed by atoms with Gasteiger partial charge in [-0.1, -0.05) is 48.0 Å². The lowest BCUT2D eigenvalue weighted by molar-refractivity contribution is 0.124. The molecule has 0 radical (unpaired) electrons. The summed E-state index contributed by atoms with van der Waals surface area (Å²) < 4.78 is 5.64. The second-order valence-electron chi connectivity index (χ2n) is 7.72. The van der Waals surface area contributed by atoms with E-state index in [4.69, 9.17) is 4.74 Å². The van der Waals surface area contributed by atoms with Gasteiger partial charge in [0.1, 0.15) is 0 Å². The van der Waals surface area contributed by atoms with E-state index in [0.29, 0.717) is 10.8 Å². The van der Waals surface area contributed by atoms with Crippen molar-refractivity contribution in [3.05, 3.63) is 0 Å². The van der Waals surface area contributed by atoms with Crippen molar-refractivity contribution in [2.75, 3.05) is 26.3 Å². The highest BCUT2D eigenvalue weighted by atomic mass is 16.5. The predicted octanol–water partition coefficient (Wildman–Crippen LogP) is 4.25. The molecule has 0 amide bonds. The maximum absolute atomic E-state index is 5.64. The number of ether oxygens (including phenoxy) is 1. The lowest BCUT2D eigenvalue weighted by Crippen LogP contribution is -2.28. The third-order valence-electron chi connectivity index (χ3n) is 2.76. The smallest absolute Gasteiger partial charge is 0.0478 e. The molecule has 0 fully saturated rings. The fourth-order valence-corrected chi connectivity index (χ4v) is 1.72. The Balaban J connectivity index is 3.13.